The zero-order valence-electron chi connectivity index (χ0n) is 8.73. The maximum atomic E-state index is 6.16. The Balaban J connectivity index is 2.89. The van der Waals surface area contributed by atoms with Crippen molar-refractivity contribution >= 4 is 99.6 Å². The molecule has 96 valence electrons. The lowest BCUT2D eigenvalue weighted by molar-refractivity contribution is 1.80. The van der Waals surface area contributed by atoms with Crippen LogP contribution in [0.3, 0.4) is 0 Å². The van der Waals surface area contributed by atoms with Gasteiger partial charge in [0.25, 0.3) is 0 Å². The first-order chi connectivity index (χ1) is 8.21. The molecule has 2 aromatic rings. The molecule has 0 unspecified atom stereocenters. The van der Waals surface area contributed by atoms with E-state index in [1.54, 1.807) is 6.07 Å². The number of fused-ring (bicyclic) bond motifs is 1. The van der Waals surface area contributed by atoms with Crippen LogP contribution in [0.5, 0.6) is 0 Å². The van der Waals surface area contributed by atoms with Crippen molar-refractivity contribution in [1.82, 2.24) is 0 Å². The molecule has 0 aliphatic rings. The van der Waals surface area contributed by atoms with Gasteiger partial charge in [-0.1, -0.05) is 36.4 Å². The van der Waals surface area contributed by atoms with Gasteiger partial charge in [-0.05, 0) is 21.1 Å². The van der Waals surface area contributed by atoms with Crippen LogP contribution in [0.4, 0.5) is 0 Å². The summed E-state index contributed by atoms with van der Waals surface area (Å²) in [6.45, 7) is 0. The third-order valence-corrected chi connectivity index (χ3v) is 8.43. The van der Waals surface area contributed by atoms with Gasteiger partial charge < -0.3 is 0 Å². The highest BCUT2D eigenvalue weighted by Gasteiger charge is 2.40. The standard InChI is InChI=1S/C10H6Cl6Si2/c11-17(12,13)9-6-5-7-3-1-2-4-8(7)10(9)18(14,15)16/h1-6H. The molecule has 0 fully saturated rings. The van der Waals surface area contributed by atoms with Crippen LogP contribution in [-0.4, -0.2) is 12.0 Å². The van der Waals surface area contributed by atoms with Crippen LogP contribution in [0, 0.1) is 0 Å². The number of rotatable bonds is 2. The van der Waals surface area contributed by atoms with E-state index in [1.165, 1.54) is 0 Å². The highest BCUT2D eigenvalue weighted by atomic mass is 35.8. The first-order valence-electron chi connectivity index (χ1n) is 4.87. The summed E-state index contributed by atoms with van der Waals surface area (Å²) >= 11 is 36.8. The number of hydrogen-bond acceptors (Lipinski definition) is 0. The molecule has 0 N–H and O–H groups in total. The van der Waals surface area contributed by atoms with Crippen molar-refractivity contribution in [3.05, 3.63) is 36.4 Å². The summed E-state index contributed by atoms with van der Waals surface area (Å²) in [6, 6.07) is 4.99. The van der Waals surface area contributed by atoms with Crippen LogP contribution < -0.4 is 10.4 Å². The monoisotopic (exact) mass is 392 g/mol. The topological polar surface area (TPSA) is 0 Å². The molecule has 0 nitrogen and oxygen atoms in total. The first kappa shape index (κ1) is 15.3. The van der Waals surface area contributed by atoms with Crippen LogP contribution in [0.15, 0.2) is 36.4 Å². The van der Waals surface area contributed by atoms with E-state index in [9.17, 15) is 0 Å². The smallest absolute Gasteiger partial charge is 0.121 e. The fourth-order valence-electron chi connectivity index (χ4n) is 1.81. The molecule has 0 aromatic heterocycles. The largest absolute Gasteiger partial charge is 0.373 e. The zero-order valence-corrected chi connectivity index (χ0v) is 15.3. The quantitative estimate of drug-likeness (QED) is 0.517. The van der Waals surface area contributed by atoms with Gasteiger partial charge in [0.1, 0.15) is 0 Å². The Hall–Kier alpha value is 0.874. The highest BCUT2D eigenvalue weighted by Crippen LogP contribution is 2.28. The lowest BCUT2D eigenvalue weighted by Crippen LogP contribution is -2.50. The minimum Gasteiger partial charge on any atom is -0.121 e. The van der Waals surface area contributed by atoms with E-state index < -0.39 is 12.0 Å². The molecule has 0 bridgehead atoms. The summed E-state index contributed by atoms with van der Waals surface area (Å²) in [7, 11) is 0. The minimum atomic E-state index is -3.15. The molecule has 0 radical (unpaired) electrons. The van der Waals surface area contributed by atoms with Gasteiger partial charge in [0, 0.05) is 0 Å². The third-order valence-electron chi connectivity index (χ3n) is 2.52. The van der Waals surface area contributed by atoms with Crippen molar-refractivity contribution in [3.63, 3.8) is 0 Å². The average molecular weight is 395 g/mol. The van der Waals surface area contributed by atoms with E-state index in [-0.39, 0.29) is 0 Å². The van der Waals surface area contributed by atoms with E-state index >= 15 is 0 Å². The van der Waals surface area contributed by atoms with Crippen molar-refractivity contribution in [2.45, 2.75) is 0 Å². The van der Waals surface area contributed by atoms with Gasteiger partial charge >= 0.3 is 12.0 Å². The molecule has 2 aromatic carbocycles. The van der Waals surface area contributed by atoms with Gasteiger partial charge in [0.2, 0.25) is 0 Å². The Labute approximate surface area is 135 Å². The van der Waals surface area contributed by atoms with Crippen molar-refractivity contribution in [2.75, 3.05) is 0 Å². The van der Waals surface area contributed by atoms with Crippen molar-refractivity contribution in [2.24, 2.45) is 0 Å². The van der Waals surface area contributed by atoms with E-state index in [1.807, 2.05) is 30.3 Å². The molecule has 8 heteroatoms. The van der Waals surface area contributed by atoms with E-state index in [0.29, 0.717) is 10.4 Å². The minimum absolute atomic E-state index is 0.567. The van der Waals surface area contributed by atoms with Crippen LogP contribution >= 0.6 is 66.5 Å². The van der Waals surface area contributed by atoms with Gasteiger partial charge in [-0.15, -0.1) is 66.5 Å². The number of hydrogen-bond donors (Lipinski definition) is 0. The van der Waals surface area contributed by atoms with Crippen LogP contribution in [0.2, 0.25) is 0 Å². The summed E-state index contributed by atoms with van der Waals surface area (Å²) in [5, 5.41) is 2.98. The molecule has 0 amide bonds. The summed E-state index contributed by atoms with van der Waals surface area (Å²) in [5.74, 6) is 0. The normalized spacial score (nSPS) is 13.0. The maximum absolute atomic E-state index is 6.16. The molecule has 18 heavy (non-hydrogen) atoms. The SMILES string of the molecule is Cl[Si](Cl)(Cl)c1ccc2ccccc2c1[Si](Cl)(Cl)Cl. The molecule has 0 saturated heterocycles. The van der Waals surface area contributed by atoms with Crippen LogP contribution in [0.25, 0.3) is 10.8 Å². The van der Waals surface area contributed by atoms with Gasteiger partial charge in [0.05, 0.1) is 0 Å². The summed E-state index contributed by atoms with van der Waals surface area (Å²) in [4.78, 5) is 0. The van der Waals surface area contributed by atoms with Crippen molar-refractivity contribution in [1.29, 1.82) is 0 Å². The predicted molar refractivity (Wildman–Crippen MR) is 89.8 cm³/mol. The Kier molecular flexibility index (Phi) is 4.53. The van der Waals surface area contributed by atoms with Crippen molar-refractivity contribution < 1.29 is 0 Å². The second-order valence-electron chi connectivity index (χ2n) is 3.70. The summed E-state index contributed by atoms with van der Waals surface area (Å²) in [6.07, 6.45) is 0. The lowest BCUT2D eigenvalue weighted by Gasteiger charge is -2.20. The molecule has 2 rings (SSSR count). The predicted octanol–water partition coefficient (Wildman–Crippen LogP) is 4.56. The molecule has 0 atom stereocenters. The number of halogens is 6. The molecular formula is C10H6Cl6Si2. The highest BCUT2D eigenvalue weighted by molar-refractivity contribution is 7.73. The molecule has 0 aliphatic carbocycles. The van der Waals surface area contributed by atoms with Gasteiger partial charge in [-0.25, -0.2) is 0 Å². The van der Waals surface area contributed by atoms with Gasteiger partial charge in [0.15, 0.2) is 0 Å². The second-order valence-corrected chi connectivity index (χ2v) is 20.4. The molecular weight excluding hydrogens is 389 g/mol. The van der Waals surface area contributed by atoms with Crippen molar-refractivity contribution in [3.8, 4) is 0 Å². The average Bonchev–Trinajstić information content (AvgIpc) is 2.24. The third kappa shape index (κ3) is 3.13. The van der Waals surface area contributed by atoms with Gasteiger partial charge in [-0.2, -0.15) is 0 Å². The first-order valence-corrected chi connectivity index (χ1v) is 14.9. The molecule has 0 heterocycles. The Morgan fingerprint density at radius 2 is 1.28 bits per heavy atom. The van der Waals surface area contributed by atoms with E-state index in [0.717, 1.165) is 10.8 Å². The molecule has 0 aliphatic heterocycles. The lowest BCUT2D eigenvalue weighted by atomic mass is 10.1. The summed E-state index contributed by atoms with van der Waals surface area (Å²) < 4.78 is 0. The second kappa shape index (κ2) is 5.34. The fourth-order valence-corrected chi connectivity index (χ4v) is 9.23. The van der Waals surface area contributed by atoms with E-state index in [4.69, 9.17) is 66.5 Å². The fraction of sp³-hybridized carbons (Fsp3) is 0. The Morgan fingerprint density at radius 3 is 1.83 bits per heavy atom. The summed E-state index contributed by atoms with van der Waals surface area (Å²) in [5.41, 5.74) is 0. The Morgan fingerprint density at radius 1 is 0.667 bits per heavy atom. The Bertz CT molecular complexity index is 587. The zero-order chi connectivity index (χ0) is 13.6. The number of benzene rings is 2. The maximum Gasteiger partial charge on any atom is 0.373 e. The van der Waals surface area contributed by atoms with Crippen LogP contribution in [0.1, 0.15) is 0 Å². The van der Waals surface area contributed by atoms with Gasteiger partial charge in [-0.3, -0.25) is 0 Å². The van der Waals surface area contributed by atoms with E-state index in [2.05, 4.69) is 0 Å². The molecule has 0 spiro atoms. The van der Waals surface area contributed by atoms with Crippen LogP contribution in [-0.2, 0) is 0 Å². The molecule has 0 saturated carbocycles.